The SMILES string of the molecule is CC1(C)CCC(NS(=O)(=O)c2ccc(C(N)=S)nc2)C1. The lowest BCUT2D eigenvalue weighted by Gasteiger charge is -2.17. The summed E-state index contributed by atoms with van der Waals surface area (Å²) in [7, 11) is -3.53. The summed E-state index contributed by atoms with van der Waals surface area (Å²) in [5, 5.41) is 0. The first-order valence-electron chi connectivity index (χ1n) is 6.48. The normalized spacial score (nSPS) is 21.8. The maximum Gasteiger partial charge on any atom is 0.242 e. The Labute approximate surface area is 125 Å². The lowest BCUT2D eigenvalue weighted by molar-refractivity contribution is 0.372. The summed E-state index contributed by atoms with van der Waals surface area (Å²) in [4.78, 5) is 4.26. The molecule has 0 radical (unpaired) electrons. The van der Waals surface area contributed by atoms with E-state index in [1.165, 1.54) is 18.3 Å². The van der Waals surface area contributed by atoms with E-state index < -0.39 is 10.0 Å². The number of nitrogens with two attached hydrogens (primary N) is 1. The molecule has 1 unspecified atom stereocenters. The Morgan fingerprint density at radius 1 is 1.50 bits per heavy atom. The van der Waals surface area contributed by atoms with Crippen LogP contribution in [0.3, 0.4) is 0 Å². The van der Waals surface area contributed by atoms with Gasteiger partial charge in [0, 0.05) is 12.2 Å². The minimum absolute atomic E-state index is 0.00902. The summed E-state index contributed by atoms with van der Waals surface area (Å²) in [6, 6.07) is 2.99. The molecule has 0 amide bonds. The molecule has 110 valence electrons. The van der Waals surface area contributed by atoms with Crippen molar-refractivity contribution in [2.75, 3.05) is 0 Å². The van der Waals surface area contributed by atoms with Gasteiger partial charge in [-0.1, -0.05) is 26.1 Å². The van der Waals surface area contributed by atoms with Crippen LogP contribution in [0.4, 0.5) is 0 Å². The number of aromatic nitrogens is 1. The van der Waals surface area contributed by atoms with Gasteiger partial charge in [-0.15, -0.1) is 0 Å². The number of rotatable bonds is 4. The highest BCUT2D eigenvalue weighted by Gasteiger charge is 2.33. The maximum atomic E-state index is 12.3. The third-order valence-electron chi connectivity index (χ3n) is 3.59. The first kappa shape index (κ1) is 15.3. The van der Waals surface area contributed by atoms with Crippen molar-refractivity contribution in [1.29, 1.82) is 0 Å². The molecule has 1 aliphatic carbocycles. The summed E-state index contributed by atoms with van der Waals surface area (Å²) < 4.78 is 27.3. The average Bonchev–Trinajstić information content (AvgIpc) is 2.68. The van der Waals surface area contributed by atoms with E-state index in [1.807, 2.05) is 0 Å². The summed E-state index contributed by atoms with van der Waals surface area (Å²) in [5.74, 6) is 0. The molecule has 5 nitrogen and oxygen atoms in total. The smallest absolute Gasteiger partial charge is 0.242 e. The highest BCUT2D eigenvalue weighted by molar-refractivity contribution is 7.89. The zero-order valence-corrected chi connectivity index (χ0v) is 13.2. The summed E-state index contributed by atoms with van der Waals surface area (Å²) in [5.41, 5.74) is 6.05. The molecule has 0 saturated heterocycles. The molecule has 7 heteroatoms. The first-order chi connectivity index (χ1) is 9.20. The standard InChI is InChI=1S/C13H19N3O2S2/c1-13(2)6-5-9(7-13)16-20(17,18)10-3-4-11(12(14)19)15-8-10/h3-4,8-9,16H,5-7H2,1-2H3,(H2,14,19). The highest BCUT2D eigenvalue weighted by atomic mass is 32.2. The second-order valence-corrected chi connectivity index (χ2v) is 8.12. The Balaban J connectivity index is 2.12. The Morgan fingerprint density at radius 3 is 2.65 bits per heavy atom. The number of hydrogen-bond donors (Lipinski definition) is 2. The van der Waals surface area contributed by atoms with E-state index in [2.05, 4.69) is 23.6 Å². The molecular formula is C13H19N3O2S2. The van der Waals surface area contributed by atoms with Gasteiger partial charge in [0.2, 0.25) is 10.0 Å². The van der Waals surface area contributed by atoms with E-state index in [0.29, 0.717) is 5.69 Å². The van der Waals surface area contributed by atoms with Crippen LogP contribution in [0, 0.1) is 5.41 Å². The van der Waals surface area contributed by atoms with Crippen molar-refractivity contribution in [3.63, 3.8) is 0 Å². The first-order valence-corrected chi connectivity index (χ1v) is 8.37. The third kappa shape index (κ3) is 3.53. The third-order valence-corrected chi connectivity index (χ3v) is 5.30. The van der Waals surface area contributed by atoms with E-state index in [0.717, 1.165) is 19.3 Å². The summed E-state index contributed by atoms with van der Waals surface area (Å²) in [6.07, 6.45) is 4.03. The minimum atomic E-state index is -3.53. The molecule has 0 bridgehead atoms. The van der Waals surface area contributed by atoms with Crippen molar-refractivity contribution in [2.24, 2.45) is 11.1 Å². The number of pyridine rings is 1. The van der Waals surface area contributed by atoms with Crippen molar-refractivity contribution >= 4 is 27.2 Å². The van der Waals surface area contributed by atoms with Crippen molar-refractivity contribution < 1.29 is 8.42 Å². The fraction of sp³-hybridized carbons (Fsp3) is 0.538. The van der Waals surface area contributed by atoms with Gasteiger partial charge in [-0.25, -0.2) is 13.1 Å². The molecule has 1 aromatic heterocycles. The van der Waals surface area contributed by atoms with Gasteiger partial charge >= 0.3 is 0 Å². The number of thiocarbonyl (C=S) groups is 1. The Hall–Kier alpha value is -1.05. The van der Waals surface area contributed by atoms with Crippen LogP contribution in [-0.2, 0) is 10.0 Å². The lowest BCUT2D eigenvalue weighted by atomic mass is 9.92. The zero-order valence-electron chi connectivity index (χ0n) is 11.6. The van der Waals surface area contributed by atoms with Gasteiger partial charge in [-0.3, -0.25) is 4.98 Å². The molecule has 1 aromatic rings. The van der Waals surface area contributed by atoms with Crippen LogP contribution in [0.15, 0.2) is 23.2 Å². The van der Waals surface area contributed by atoms with Crippen molar-refractivity contribution in [3.8, 4) is 0 Å². The molecule has 0 aliphatic heterocycles. The molecule has 1 saturated carbocycles. The molecule has 3 N–H and O–H groups in total. The molecule has 1 fully saturated rings. The second kappa shape index (κ2) is 5.38. The number of hydrogen-bond acceptors (Lipinski definition) is 4. The number of nitrogens with one attached hydrogen (secondary N) is 1. The van der Waals surface area contributed by atoms with Crippen LogP contribution in [0.2, 0.25) is 0 Å². The van der Waals surface area contributed by atoms with Crippen LogP contribution in [0.5, 0.6) is 0 Å². The van der Waals surface area contributed by atoms with Gasteiger partial charge in [-0.2, -0.15) is 0 Å². The monoisotopic (exact) mass is 313 g/mol. The Kier molecular flexibility index (Phi) is 4.13. The molecule has 2 rings (SSSR count). The van der Waals surface area contributed by atoms with Crippen molar-refractivity contribution in [3.05, 3.63) is 24.0 Å². The molecule has 20 heavy (non-hydrogen) atoms. The Bertz CT molecular complexity index is 609. The van der Waals surface area contributed by atoms with Gasteiger partial charge in [0.15, 0.2) is 0 Å². The lowest BCUT2D eigenvalue weighted by Crippen LogP contribution is -2.33. The van der Waals surface area contributed by atoms with Crippen LogP contribution < -0.4 is 10.5 Å². The van der Waals surface area contributed by atoms with Crippen LogP contribution in [0.1, 0.15) is 38.8 Å². The highest BCUT2D eigenvalue weighted by Crippen LogP contribution is 2.37. The van der Waals surface area contributed by atoms with E-state index in [9.17, 15) is 8.42 Å². The second-order valence-electron chi connectivity index (χ2n) is 5.97. The fourth-order valence-corrected chi connectivity index (χ4v) is 3.84. The predicted octanol–water partition coefficient (Wildman–Crippen LogP) is 1.57. The molecule has 0 spiro atoms. The summed E-state index contributed by atoms with van der Waals surface area (Å²) >= 11 is 4.79. The summed E-state index contributed by atoms with van der Waals surface area (Å²) in [6.45, 7) is 4.31. The van der Waals surface area contributed by atoms with Crippen LogP contribution >= 0.6 is 12.2 Å². The molecule has 1 heterocycles. The fourth-order valence-electron chi connectivity index (χ4n) is 2.51. The molecule has 0 aromatic carbocycles. The van der Waals surface area contributed by atoms with E-state index >= 15 is 0 Å². The molecular weight excluding hydrogens is 294 g/mol. The largest absolute Gasteiger partial charge is 0.388 e. The van der Waals surface area contributed by atoms with E-state index in [4.69, 9.17) is 18.0 Å². The van der Waals surface area contributed by atoms with Crippen LogP contribution in [-0.4, -0.2) is 24.4 Å². The Morgan fingerprint density at radius 2 is 2.20 bits per heavy atom. The minimum Gasteiger partial charge on any atom is -0.388 e. The van der Waals surface area contributed by atoms with E-state index in [-0.39, 0.29) is 21.3 Å². The maximum absolute atomic E-state index is 12.3. The average molecular weight is 313 g/mol. The predicted molar refractivity (Wildman–Crippen MR) is 81.9 cm³/mol. The van der Waals surface area contributed by atoms with Gasteiger partial charge in [0.05, 0.1) is 5.69 Å². The van der Waals surface area contributed by atoms with Gasteiger partial charge in [0.1, 0.15) is 9.88 Å². The number of sulfonamides is 1. The van der Waals surface area contributed by atoms with Gasteiger partial charge < -0.3 is 5.73 Å². The van der Waals surface area contributed by atoms with Crippen LogP contribution in [0.25, 0.3) is 0 Å². The quantitative estimate of drug-likeness (QED) is 0.824. The van der Waals surface area contributed by atoms with Crippen molar-refractivity contribution in [1.82, 2.24) is 9.71 Å². The van der Waals surface area contributed by atoms with Gasteiger partial charge in [0.25, 0.3) is 0 Å². The van der Waals surface area contributed by atoms with Crippen molar-refractivity contribution in [2.45, 2.75) is 44.0 Å². The van der Waals surface area contributed by atoms with E-state index in [1.54, 1.807) is 0 Å². The topological polar surface area (TPSA) is 85.1 Å². The molecule has 1 aliphatic rings. The van der Waals surface area contributed by atoms with Gasteiger partial charge in [-0.05, 0) is 36.8 Å². The zero-order chi connectivity index (χ0) is 15.0. The number of nitrogens with zero attached hydrogens (tertiary/aromatic N) is 1. The molecule has 1 atom stereocenters.